The Hall–Kier alpha value is -0.610. The van der Waals surface area contributed by atoms with E-state index in [-0.39, 0.29) is 0 Å². The van der Waals surface area contributed by atoms with Gasteiger partial charge in [0.15, 0.2) is 0 Å². The van der Waals surface area contributed by atoms with Crippen molar-refractivity contribution in [3.05, 3.63) is 0 Å². The van der Waals surface area contributed by atoms with Gasteiger partial charge >= 0.3 is 5.97 Å². The summed E-state index contributed by atoms with van der Waals surface area (Å²) in [6.45, 7) is 1.27. The number of aliphatic hydroxyl groups excluding tert-OH is 1. The summed E-state index contributed by atoms with van der Waals surface area (Å²) in [5, 5.41) is 16.4. The molecule has 0 fully saturated rings. The highest BCUT2D eigenvalue weighted by Crippen LogP contribution is 1.88. The van der Waals surface area contributed by atoms with Gasteiger partial charge in [0.25, 0.3) is 0 Å². The fourth-order valence-corrected chi connectivity index (χ4v) is 0.206. The van der Waals surface area contributed by atoms with Crippen molar-refractivity contribution in [2.45, 2.75) is 19.1 Å². The minimum atomic E-state index is -1.41. The van der Waals surface area contributed by atoms with Crippen molar-refractivity contribution < 1.29 is 15.0 Å². The molecule has 0 amide bonds. The van der Waals surface area contributed by atoms with Gasteiger partial charge < -0.3 is 10.2 Å². The number of rotatable bonds is 2. The molecule has 0 spiro atoms. The van der Waals surface area contributed by atoms with Crippen LogP contribution in [0.25, 0.3) is 0 Å². The molecule has 0 aromatic heterocycles. The normalized spacial score (nSPS) is 17.4. The largest absolute Gasteiger partial charge is 0.480 e. The number of hydrogen-bond donors (Lipinski definition) is 2. The lowest BCUT2D eigenvalue weighted by Gasteiger charge is -2.05. The number of carboxylic acids is 1. The molecule has 1 radical (unpaired) electrons. The van der Waals surface area contributed by atoms with Gasteiger partial charge in [-0.25, -0.2) is 5.73 Å². The maximum absolute atomic E-state index is 9.79. The highest BCUT2D eigenvalue weighted by Gasteiger charge is 2.17. The highest BCUT2D eigenvalue weighted by molar-refractivity contribution is 5.73. The first-order valence-electron chi connectivity index (χ1n) is 2.17. The molecule has 0 aliphatic heterocycles. The van der Waals surface area contributed by atoms with Crippen LogP contribution >= 0.6 is 0 Å². The van der Waals surface area contributed by atoms with Crippen LogP contribution in [-0.4, -0.2) is 28.3 Å². The van der Waals surface area contributed by atoms with E-state index in [1.807, 2.05) is 0 Å². The van der Waals surface area contributed by atoms with Crippen molar-refractivity contribution >= 4 is 5.97 Å². The first-order valence-corrected chi connectivity index (χ1v) is 2.17. The van der Waals surface area contributed by atoms with Crippen molar-refractivity contribution in [2.24, 2.45) is 0 Å². The van der Waals surface area contributed by atoms with Gasteiger partial charge in [-0.05, 0) is 6.92 Å². The van der Waals surface area contributed by atoms with Crippen molar-refractivity contribution in [1.82, 2.24) is 5.73 Å². The van der Waals surface area contributed by atoms with Crippen LogP contribution in [-0.2, 0) is 4.79 Å². The first kappa shape index (κ1) is 7.39. The maximum Gasteiger partial charge on any atom is 0.324 e. The van der Waals surface area contributed by atoms with Crippen LogP contribution in [0, 0.1) is 0 Å². The van der Waals surface area contributed by atoms with E-state index in [0.717, 1.165) is 0 Å². The van der Waals surface area contributed by atoms with Gasteiger partial charge in [-0.2, -0.15) is 0 Å². The third kappa shape index (κ3) is 1.90. The van der Waals surface area contributed by atoms with E-state index in [1.54, 1.807) is 0 Å². The van der Waals surface area contributed by atoms with Crippen LogP contribution in [0.3, 0.4) is 0 Å². The number of aliphatic carboxylic acids is 1. The topological polar surface area (TPSA) is 81.3 Å². The Kier molecular flexibility index (Phi) is 2.44. The van der Waals surface area contributed by atoms with Crippen LogP contribution in [0.15, 0.2) is 0 Å². The summed E-state index contributed by atoms with van der Waals surface area (Å²) >= 11 is 0. The third-order valence-corrected chi connectivity index (χ3v) is 0.748. The van der Waals surface area contributed by atoms with Crippen LogP contribution in [0.4, 0.5) is 0 Å². The summed E-state index contributed by atoms with van der Waals surface area (Å²) < 4.78 is 0. The Morgan fingerprint density at radius 2 is 2.12 bits per heavy atom. The van der Waals surface area contributed by atoms with E-state index < -0.39 is 18.1 Å². The molecule has 0 aromatic carbocycles. The standard InChI is InChI=1S/C4H8NO3/c1-2(6)3(5)4(7)8/h2-3,5-6H,1H3,(H,7,8). The molecule has 0 rings (SSSR count). The minimum Gasteiger partial charge on any atom is -0.480 e. The van der Waals surface area contributed by atoms with E-state index >= 15 is 0 Å². The predicted molar refractivity (Wildman–Crippen MR) is 26.2 cm³/mol. The summed E-state index contributed by atoms with van der Waals surface area (Å²) in [7, 11) is 0. The van der Waals surface area contributed by atoms with Crippen molar-refractivity contribution in [3.8, 4) is 0 Å². The lowest BCUT2D eigenvalue weighted by Crippen LogP contribution is -2.32. The molecule has 47 valence electrons. The van der Waals surface area contributed by atoms with Gasteiger partial charge in [0.2, 0.25) is 0 Å². The minimum absolute atomic E-state index is 1.09. The molecule has 8 heavy (non-hydrogen) atoms. The van der Waals surface area contributed by atoms with Gasteiger partial charge in [0.05, 0.1) is 6.10 Å². The monoisotopic (exact) mass is 118 g/mol. The molecule has 3 N–H and O–H groups in total. The van der Waals surface area contributed by atoms with Crippen LogP contribution < -0.4 is 5.73 Å². The van der Waals surface area contributed by atoms with E-state index in [0.29, 0.717) is 0 Å². The quantitative estimate of drug-likeness (QED) is 0.493. The summed E-state index contributed by atoms with van der Waals surface area (Å²) in [6, 6.07) is -1.41. The number of carboxylic acid groups (broad SMARTS) is 1. The lowest BCUT2D eigenvalue weighted by atomic mass is 10.2. The van der Waals surface area contributed by atoms with E-state index in [9.17, 15) is 4.79 Å². The van der Waals surface area contributed by atoms with Gasteiger partial charge in [0, 0.05) is 0 Å². The average Bonchev–Trinajstić information content (AvgIpc) is 1.64. The van der Waals surface area contributed by atoms with Gasteiger partial charge in [-0.1, -0.05) is 0 Å². The maximum atomic E-state index is 9.79. The fraction of sp³-hybridized carbons (Fsp3) is 0.750. The number of carbonyl (C=O) groups is 1. The highest BCUT2D eigenvalue weighted by atomic mass is 16.4. The predicted octanol–water partition coefficient (Wildman–Crippen LogP) is -0.897. The van der Waals surface area contributed by atoms with Crippen molar-refractivity contribution in [3.63, 3.8) is 0 Å². The molecule has 0 saturated heterocycles. The Balaban J connectivity index is 3.64. The molecule has 0 aliphatic carbocycles. The van der Waals surface area contributed by atoms with Gasteiger partial charge in [-0.3, -0.25) is 4.79 Å². The number of nitrogens with one attached hydrogen (secondary N) is 1. The smallest absolute Gasteiger partial charge is 0.324 e. The SMILES string of the molecule is CC(O)C([NH])C(=O)O. The fourth-order valence-electron chi connectivity index (χ4n) is 0.206. The molecule has 0 saturated carbocycles. The molecular formula is C4H8NO3. The third-order valence-electron chi connectivity index (χ3n) is 0.748. The van der Waals surface area contributed by atoms with Crippen LogP contribution in [0.5, 0.6) is 0 Å². The molecule has 4 heteroatoms. The Morgan fingerprint density at radius 1 is 1.75 bits per heavy atom. The zero-order valence-electron chi connectivity index (χ0n) is 4.46. The van der Waals surface area contributed by atoms with Gasteiger partial charge in [0.1, 0.15) is 6.04 Å². The molecule has 0 bridgehead atoms. The summed E-state index contributed by atoms with van der Waals surface area (Å²) in [4.78, 5) is 9.79. The van der Waals surface area contributed by atoms with E-state index in [1.165, 1.54) is 6.92 Å². The first-order chi connectivity index (χ1) is 3.55. The molecule has 2 atom stereocenters. The summed E-state index contributed by atoms with van der Waals surface area (Å²) in [5.41, 5.74) is 6.63. The van der Waals surface area contributed by atoms with E-state index in [2.05, 4.69) is 0 Å². The Labute approximate surface area is 46.9 Å². The molecule has 0 aliphatic rings. The summed E-state index contributed by atoms with van der Waals surface area (Å²) in [5.74, 6) is -1.29. The second-order valence-electron chi connectivity index (χ2n) is 1.56. The van der Waals surface area contributed by atoms with Crippen LogP contribution in [0.1, 0.15) is 6.92 Å². The van der Waals surface area contributed by atoms with Gasteiger partial charge in [-0.15, -0.1) is 0 Å². The summed E-state index contributed by atoms with van der Waals surface area (Å²) in [6.07, 6.45) is -1.09. The molecule has 4 nitrogen and oxygen atoms in total. The molecule has 0 aromatic rings. The zero-order chi connectivity index (χ0) is 6.73. The molecule has 2 unspecified atom stereocenters. The average molecular weight is 118 g/mol. The molecule has 0 heterocycles. The Bertz CT molecular complexity index is 91.3. The lowest BCUT2D eigenvalue weighted by molar-refractivity contribution is -0.141. The number of hydrogen-bond acceptors (Lipinski definition) is 2. The number of aliphatic hydroxyl groups is 1. The Morgan fingerprint density at radius 3 is 2.12 bits per heavy atom. The van der Waals surface area contributed by atoms with Crippen molar-refractivity contribution in [1.29, 1.82) is 0 Å². The van der Waals surface area contributed by atoms with Crippen LogP contribution in [0.2, 0.25) is 0 Å². The van der Waals surface area contributed by atoms with E-state index in [4.69, 9.17) is 15.9 Å². The second kappa shape index (κ2) is 2.64. The molecular weight excluding hydrogens is 110 g/mol. The zero-order valence-corrected chi connectivity index (χ0v) is 4.46. The van der Waals surface area contributed by atoms with Crippen molar-refractivity contribution in [2.75, 3.05) is 0 Å². The second-order valence-corrected chi connectivity index (χ2v) is 1.56.